The highest BCUT2D eigenvalue weighted by molar-refractivity contribution is 7.17. The van der Waals surface area contributed by atoms with Crippen molar-refractivity contribution in [2.24, 2.45) is 5.92 Å². The van der Waals surface area contributed by atoms with Gasteiger partial charge in [-0.3, -0.25) is 4.79 Å². The van der Waals surface area contributed by atoms with Crippen molar-refractivity contribution >= 4 is 33.6 Å². The van der Waals surface area contributed by atoms with Crippen LogP contribution >= 0.6 is 11.3 Å². The zero-order chi connectivity index (χ0) is 21.1. The number of hydrogen-bond donors (Lipinski definition) is 1. The van der Waals surface area contributed by atoms with E-state index in [9.17, 15) is 14.9 Å². The number of nitriles is 1. The number of aromatic nitrogens is 3. The van der Waals surface area contributed by atoms with Crippen molar-refractivity contribution in [3.8, 4) is 6.07 Å². The molecule has 3 heterocycles. The van der Waals surface area contributed by atoms with Crippen LogP contribution < -0.4 is 5.56 Å². The minimum atomic E-state index is -0.755. The molecule has 0 amide bonds. The number of rotatable bonds is 6. The fourth-order valence-electron chi connectivity index (χ4n) is 3.11. The van der Waals surface area contributed by atoms with E-state index in [0.29, 0.717) is 16.1 Å². The van der Waals surface area contributed by atoms with Gasteiger partial charge in [0.05, 0.1) is 5.52 Å². The van der Waals surface area contributed by atoms with Gasteiger partial charge in [-0.25, -0.2) is 9.78 Å². The molecule has 150 valence electrons. The number of hydrogen-bond acceptors (Lipinski definition) is 6. The molecule has 0 spiro atoms. The van der Waals surface area contributed by atoms with Crippen LogP contribution in [0.25, 0.3) is 16.3 Å². The molecule has 29 heavy (non-hydrogen) atoms. The molecule has 1 N–H and O–H groups in total. The number of H-pyrrole nitrogens is 1. The smallest absolute Gasteiger partial charge is 0.349 e. The molecule has 0 aliphatic carbocycles. The summed E-state index contributed by atoms with van der Waals surface area (Å²) in [4.78, 5) is 31.2. The van der Waals surface area contributed by atoms with Gasteiger partial charge in [0.15, 0.2) is 0 Å². The monoisotopic (exact) mass is 410 g/mol. The summed E-state index contributed by atoms with van der Waals surface area (Å²) < 4.78 is 7.90. The lowest BCUT2D eigenvalue weighted by Crippen LogP contribution is -2.14. The Bertz CT molecular complexity index is 1190. The lowest BCUT2D eigenvalue weighted by atomic mass is 10.1. The molecule has 0 saturated carbocycles. The third kappa shape index (κ3) is 4.46. The van der Waals surface area contributed by atoms with E-state index in [0.717, 1.165) is 23.5 Å². The number of nitrogens with one attached hydrogen (secondary N) is 1. The Morgan fingerprint density at radius 1 is 1.45 bits per heavy atom. The van der Waals surface area contributed by atoms with Crippen molar-refractivity contribution in [1.29, 1.82) is 5.26 Å². The first-order valence-electron chi connectivity index (χ1n) is 9.22. The number of carbonyl (C=O) groups is 1. The normalized spacial score (nSPS) is 11.8. The van der Waals surface area contributed by atoms with E-state index in [1.165, 1.54) is 11.3 Å². The third-order valence-electron chi connectivity index (χ3n) is 4.50. The molecule has 7 nitrogen and oxygen atoms in total. The Morgan fingerprint density at radius 2 is 2.21 bits per heavy atom. The predicted molar refractivity (Wildman–Crippen MR) is 112 cm³/mol. The van der Waals surface area contributed by atoms with Gasteiger partial charge in [0, 0.05) is 17.9 Å². The van der Waals surface area contributed by atoms with E-state index in [1.54, 1.807) is 17.5 Å². The Morgan fingerprint density at radius 3 is 2.90 bits per heavy atom. The topological polar surface area (TPSA) is 101 Å². The highest BCUT2D eigenvalue weighted by atomic mass is 32.1. The highest BCUT2D eigenvalue weighted by Crippen LogP contribution is 2.20. The second kappa shape index (κ2) is 8.45. The number of aryl methyl sites for hydroxylation is 1. The van der Waals surface area contributed by atoms with E-state index in [-0.39, 0.29) is 23.6 Å². The molecule has 0 radical (unpaired) electrons. The number of ether oxygens (including phenoxy) is 1. The first-order chi connectivity index (χ1) is 13.8. The summed E-state index contributed by atoms with van der Waals surface area (Å²) in [6, 6.07) is 5.59. The molecule has 3 aromatic rings. The number of esters is 1. The van der Waals surface area contributed by atoms with Crippen molar-refractivity contribution in [1.82, 2.24) is 14.5 Å². The minimum absolute atomic E-state index is 0.103. The zero-order valence-corrected chi connectivity index (χ0v) is 17.6. The molecule has 8 heteroatoms. The first kappa shape index (κ1) is 20.6. The first-order valence-corrected chi connectivity index (χ1v) is 10.1. The van der Waals surface area contributed by atoms with Crippen LogP contribution in [0.15, 0.2) is 27.9 Å². The van der Waals surface area contributed by atoms with E-state index < -0.39 is 5.97 Å². The zero-order valence-electron chi connectivity index (χ0n) is 16.8. The molecule has 3 rings (SSSR count). The molecular weight excluding hydrogens is 388 g/mol. The van der Waals surface area contributed by atoms with Crippen molar-refractivity contribution in [3.05, 3.63) is 56.2 Å². The fourth-order valence-corrected chi connectivity index (χ4v) is 3.84. The average molecular weight is 410 g/mol. The SMILES string of the molecule is Cc1cc(/C=C(\C#N)C(=O)OCc2nc3ccsc3c(=O)[nH]2)c(C)n1CC(C)C. The van der Waals surface area contributed by atoms with Gasteiger partial charge in [-0.15, -0.1) is 11.3 Å². The molecule has 0 aliphatic rings. The van der Waals surface area contributed by atoms with Gasteiger partial charge >= 0.3 is 5.97 Å². The molecule has 0 fully saturated rings. The third-order valence-corrected chi connectivity index (χ3v) is 5.41. The molecular formula is C21H22N4O3S. The number of nitrogens with zero attached hydrogens (tertiary/aromatic N) is 3. The lowest BCUT2D eigenvalue weighted by Gasteiger charge is -2.12. The van der Waals surface area contributed by atoms with Gasteiger partial charge in [0.2, 0.25) is 0 Å². The fraction of sp³-hybridized carbons (Fsp3) is 0.333. The van der Waals surface area contributed by atoms with E-state index in [1.807, 2.05) is 26.0 Å². The van der Waals surface area contributed by atoms with Crippen LogP contribution in [0, 0.1) is 31.1 Å². The summed E-state index contributed by atoms with van der Waals surface area (Å²) >= 11 is 1.30. The Balaban J connectivity index is 1.78. The number of fused-ring (bicyclic) bond motifs is 1. The van der Waals surface area contributed by atoms with Crippen LogP contribution in [0.3, 0.4) is 0 Å². The van der Waals surface area contributed by atoms with Gasteiger partial charge in [-0.1, -0.05) is 13.8 Å². The summed E-state index contributed by atoms with van der Waals surface area (Å²) in [6.45, 7) is 8.88. The summed E-state index contributed by atoms with van der Waals surface area (Å²) in [7, 11) is 0. The molecule has 0 aromatic carbocycles. The molecule has 0 bridgehead atoms. The van der Waals surface area contributed by atoms with Crippen molar-refractivity contribution in [3.63, 3.8) is 0 Å². The van der Waals surface area contributed by atoms with Crippen molar-refractivity contribution in [2.75, 3.05) is 0 Å². The van der Waals surface area contributed by atoms with Crippen LogP contribution in [-0.4, -0.2) is 20.5 Å². The van der Waals surface area contributed by atoms with Crippen LogP contribution in [0.5, 0.6) is 0 Å². The molecule has 0 aliphatic heterocycles. The molecule has 0 unspecified atom stereocenters. The van der Waals surface area contributed by atoms with Gasteiger partial charge in [0.1, 0.15) is 28.8 Å². The second-order valence-corrected chi connectivity index (χ2v) is 8.14. The van der Waals surface area contributed by atoms with Gasteiger partial charge in [-0.2, -0.15) is 5.26 Å². The Kier molecular flexibility index (Phi) is 5.99. The average Bonchev–Trinajstić information content (AvgIpc) is 3.24. The van der Waals surface area contributed by atoms with Crippen molar-refractivity contribution < 1.29 is 9.53 Å². The van der Waals surface area contributed by atoms with Crippen LogP contribution in [0.1, 0.15) is 36.6 Å². The highest BCUT2D eigenvalue weighted by Gasteiger charge is 2.15. The van der Waals surface area contributed by atoms with Crippen molar-refractivity contribution in [2.45, 2.75) is 40.8 Å². The number of thiophene rings is 1. The van der Waals surface area contributed by atoms with E-state index in [2.05, 4.69) is 28.4 Å². The molecule has 0 saturated heterocycles. The van der Waals surface area contributed by atoms with E-state index >= 15 is 0 Å². The summed E-state index contributed by atoms with van der Waals surface area (Å²) in [5, 5.41) is 11.2. The maximum atomic E-state index is 12.4. The van der Waals surface area contributed by atoms with Gasteiger partial charge < -0.3 is 14.3 Å². The quantitative estimate of drug-likeness (QED) is 0.379. The summed E-state index contributed by atoms with van der Waals surface area (Å²) in [5.74, 6) is -0.0388. The van der Waals surface area contributed by atoms with Crippen LogP contribution in [0.2, 0.25) is 0 Å². The summed E-state index contributed by atoms with van der Waals surface area (Å²) in [6.07, 6.45) is 1.54. The van der Waals surface area contributed by atoms with E-state index in [4.69, 9.17) is 4.74 Å². The maximum absolute atomic E-state index is 12.4. The molecule has 0 atom stereocenters. The lowest BCUT2D eigenvalue weighted by molar-refractivity contribution is -0.139. The number of carbonyl (C=O) groups excluding carboxylic acids is 1. The van der Waals surface area contributed by atoms with Gasteiger partial charge in [-0.05, 0) is 48.9 Å². The summed E-state index contributed by atoms with van der Waals surface area (Å²) in [5.41, 5.74) is 3.05. The van der Waals surface area contributed by atoms with Crippen LogP contribution in [0.4, 0.5) is 0 Å². The largest absolute Gasteiger partial charge is 0.453 e. The Hall–Kier alpha value is -3.18. The van der Waals surface area contributed by atoms with Gasteiger partial charge in [0.25, 0.3) is 5.56 Å². The maximum Gasteiger partial charge on any atom is 0.349 e. The second-order valence-electron chi connectivity index (χ2n) is 7.22. The van der Waals surface area contributed by atoms with Crippen LogP contribution in [-0.2, 0) is 22.7 Å². The Labute approximate surface area is 172 Å². The molecule has 3 aromatic heterocycles. The standard InChI is InChI=1S/C21H22N4O3S/c1-12(2)10-25-13(3)7-15(14(25)4)8-16(9-22)21(27)28-11-18-23-17-5-6-29-19(17)20(26)24-18/h5-8,12H,10-11H2,1-4H3,(H,23,24,26)/b16-8+. The minimum Gasteiger partial charge on any atom is -0.453 e. The number of aromatic amines is 1. The predicted octanol–water partition coefficient (Wildman–Crippen LogP) is 3.71.